The van der Waals surface area contributed by atoms with Crippen molar-refractivity contribution in [2.75, 3.05) is 38.2 Å². The van der Waals surface area contributed by atoms with Crippen molar-refractivity contribution in [2.45, 2.75) is 13.0 Å². The molecular formula is C20H24FN3OS. The number of morpholine rings is 1. The van der Waals surface area contributed by atoms with Crippen LogP contribution in [0.15, 0.2) is 48.5 Å². The zero-order valence-electron chi connectivity index (χ0n) is 14.9. The monoisotopic (exact) mass is 373 g/mol. The van der Waals surface area contributed by atoms with Crippen LogP contribution in [0.5, 0.6) is 0 Å². The molecule has 0 amide bonds. The van der Waals surface area contributed by atoms with E-state index in [1.807, 2.05) is 0 Å². The van der Waals surface area contributed by atoms with Crippen LogP contribution in [0.1, 0.15) is 17.2 Å². The van der Waals surface area contributed by atoms with Crippen molar-refractivity contribution in [2.24, 2.45) is 0 Å². The number of aryl methyl sites for hydroxylation is 1. The molecule has 0 spiro atoms. The number of nitrogens with zero attached hydrogens (tertiary/aromatic N) is 1. The number of nitrogens with one attached hydrogen (secondary N) is 2. The van der Waals surface area contributed by atoms with Gasteiger partial charge in [-0.25, -0.2) is 4.39 Å². The van der Waals surface area contributed by atoms with Gasteiger partial charge in [-0.2, -0.15) is 0 Å². The van der Waals surface area contributed by atoms with Gasteiger partial charge in [0, 0.05) is 25.3 Å². The smallest absolute Gasteiger partial charge is 0.171 e. The second-order valence-electron chi connectivity index (χ2n) is 6.48. The highest BCUT2D eigenvalue weighted by molar-refractivity contribution is 7.80. The third-order valence-corrected chi connectivity index (χ3v) is 4.65. The Morgan fingerprint density at radius 1 is 1.12 bits per heavy atom. The predicted molar refractivity (Wildman–Crippen MR) is 107 cm³/mol. The largest absolute Gasteiger partial charge is 0.379 e. The van der Waals surface area contributed by atoms with Gasteiger partial charge in [0.1, 0.15) is 5.82 Å². The quantitative estimate of drug-likeness (QED) is 0.785. The highest BCUT2D eigenvalue weighted by atomic mass is 32.1. The molecule has 0 radical (unpaired) electrons. The molecule has 3 rings (SSSR count). The minimum absolute atomic E-state index is 0.0640. The van der Waals surface area contributed by atoms with E-state index in [1.165, 1.54) is 23.3 Å². The van der Waals surface area contributed by atoms with Crippen LogP contribution >= 0.6 is 12.2 Å². The summed E-state index contributed by atoms with van der Waals surface area (Å²) in [6.07, 6.45) is 0. The molecule has 6 heteroatoms. The lowest BCUT2D eigenvalue weighted by Gasteiger charge is -2.31. The normalized spacial score (nSPS) is 16.1. The molecular weight excluding hydrogens is 349 g/mol. The molecule has 0 aromatic heterocycles. The molecule has 0 bridgehead atoms. The molecule has 2 aromatic rings. The zero-order valence-corrected chi connectivity index (χ0v) is 15.7. The first-order valence-corrected chi connectivity index (χ1v) is 9.21. The van der Waals surface area contributed by atoms with Crippen LogP contribution in [0.3, 0.4) is 0 Å². The second-order valence-corrected chi connectivity index (χ2v) is 6.89. The summed E-state index contributed by atoms with van der Waals surface area (Å²) in [5.41, 5.74) is 3.18. The first kappa shape index (κ1) is 18.8. The van der Waals surface area contributed by atoms with E-state index in [4.69, 9.17) is 17.0 Å². The standard InChI is InChI=1S/C20H24FN3OS/c1-15-2-4-16(5-3-15)19(14-24-10-12-25-13-11-24)23-20(26)22-18-8-6-17(21)7-9-18/h2-9,19H,10-14H2,1H3,(H2,22,23,26)/t19-/m1/s1. The Morgan fingerprint density at radius 3 is 2.42 bits per heavy atom. The third kappa shape index (κ3) is 5.49. The fourth-order valence-corrected chi connectivity index (χ4v) is 3.19. The summed E-state index contributed by atoms with van der Waals surface area (Å²) in [4.78, 5) is 2.38. The van der Waals surface area contributed by atoms with Crippen molar-refractivity contribution in [1.29, 1.82) is 0 Å². The van der Waals surface area contributed by atoms with E-state index in [-0.39, 0.29) is 11.9 Å². The summed E-state index contributed by atoms with van der Waals surface area (Å²) >= 11 is 5.48. The van der Waals surface area contributed by atoms with Crippen molar-refractivity contribution in [1.82, 2.24) is 10.2 Å². The van der Waals surface area contributed by atoms with E-state index < -0.39 is 0 Å². The van der Waals surface area contributed by atoms with Gasteiger partial charge >= 0.3 is 0 Å². The highest BCUT2D eigenvalue weighted by Crippen LogP contribution is 2.17. The van der Waals surface area contributed by atoms with E-state index in [1.54, 1.807) is 12.1 Å². The van der Waals surface area contributed by atoms with Crippen LogP contribution in [0.25, 0.3) is 0 Å². The Labute approximate surface area is 159 Å². The topological polar surface area (TPSA) is 36.5 Å². The first-order valence-electron chi connectivity index (χ1n) is 8.80. The molecule has 0 aliphatic carbocycles. The van der Waals surface area contributed by atoms with Crippen LogP contribution in [0, 0.1) is 12.7 Å². The maximum atomic E-state index is 13.1. The number of ether oxygens (including phenoxy) is 1. The molecule has 0 unspecified atom stereocenters. The van der Waals surface area contributed by atoms with E-state index in [2.05, 4.69) is 46.7 Å². The van der Waals surface area contributed by atoms with Gasteiger partial charge in [0.15, 0.2) is 5.11 Å². The Morgan fingerprint density at radius 2 is 1.77 bits per heavy atom. The van der Waals surface area contributed by atoms with E-state index in [0.717, 1.165) is 38.5 Å². The summed E-state index contributed by atoms with van der Waals surface area (Å²) in [6, 6.07) is 14.7. The van der Waals surface area contributed by atoms with Gasteiger partial charge in [0.2, 0.25) is 0 Å². The molecule has 4 nitrogen and oxygen atoms in total. The lowest BCUT2D eigenvalue weighted by atomic mass is 10.0. The van der Waals surface area contributed by atoms with Crippen LogP contribution < -0.4 is 10.6 Å². The lowest BCUT2D eigenvalue weighted by Crippen LogP contribution is -2.44. The molecule has 1 atom stereocenters. The van der Waals surface area contributed by atoms with Gasteiger partial charge in [-0.15, -0.1) is 0 Å². The predicted octanol–water partition coefficient (Wildman–Crippen LogP) is 3.49. The van der Waals surface area contributed by atoms with Crippen LogP contribution in [-0.2, 0) is 4.74 Å². The number of halogens is 1. The third-order valence-electron chi connectivity index (χ3n) is 4.43. The highest BCUT2D eigenvalue weighted by Gasteiger charge is 2.19. The first-order chi connectivity index (χ1) is 12.6. The number of rotatable bonds is 5. The molecule has 1 heterocycles. The number of hydrogen-bond acceptors (Lipinski definition) is 3. The fourth-order valence-electron chi connectivity index (χ4n) is 2.93. The minimum atomic E-state index is -0.265. The molecule has 1 saturated heterocycles. The van der Waals surface area contributed by atoms with Gasteiger partial charge in [-0.1, -0.05) is 29.8 Å². The van der Waals surface area contributed by atoms with Gasteiger partial charge in [-0.05, 0) is 49.0 Å². The Kier molecular flexibility index (Phi) is 6.55. The number of hydrogen-bond donors (Lipinski definition) is 2. The van der Waals surface area contributed by atoms with E-state index in [0.29, 0.717) is 5.11 Å². The zero-order chi connectivity index (χ0) is 18.4. The summed E-state index contributed by atoms with van der Waals surface area (Å²) in [5.74, 6) is -0.265. The Balaban J connectivity index is 1.68. The SMILES string of the molecule is Cc1ccc([C@@H](CN2CCOCC2)NC(=S)Nc2ccc(F)cc2)cc1. The molecule has 26 heavy (non-hydrogen) atoms. The second kappa shape index (κ2) is 9.07. The van der Waals surface area contributed by atoms with Crippen molar-refractivity contribution >= 4 is 23.0 Å². The average molecular weight is 373 g/mol. The maximum Gasteiger partial charge on any atom is 0.171 e. The van der Waals surface area contributed by atoms with Crippen LogP contribution in [0.4, 0.5) is 10.1 Å². The molecule has 0 saturated carbocycles. The van der Waals surface area contributed by atoms with E-state index in [9.17, 15) is 4.39 Å². The molecule has 1 aliphatic rings. The van der Waals surface area contributed by atoms with Gasteiger partial charge in [-0.3, -0.25) is 4.90 Å². The molecule has 2 N–H and O–H groups in total. The van der Waals surface area contributed by atoms with E-state index >= 15 is 0 Å². The summed E-state index contributed by atoms with van der Waals surface area (Å²) in [5, 5.41) is 7.06. The van der Waals surface area contributed by atoms with Gasteiger partial charge < -0.3 is 15.4 Å². The number of benzene rings is 2. The molecule has 1 aliphatic heterocycles. The fraction of sp³-hybridized carbons (Fsp3) is 0.350. The van der Waals surface area contributed by atoms with Crippen molar-refractivity contribution in [3.8, 4) is 0 Å². The Bertz CT molecular complexity index is 715. The van der Waals surface area contributed by atoms with Gasteiger partial charge in [0.25, 0.3) is 0 Å². The van der Waals surface area contributed by atoms with Crippen molar-refractivity contribution < 1.29 is 9.13 Å². The summed E-state index contributed by atoms with van der Waals surface area (Å²) in [6.45, 7) is 6.29. The maximum absolute atomic E-state index is 13.1. The number of anilines is 1. The van der Waals surface area contributed by atoms with Gasteiger partial charge in [0.05, 0.1) is 19.3 Å². The summed E-state index contributed by atoms with van der Waals surface area (Å²) < 4.78 is 18.5. The Hall–Kier alpha value is -2.02. The minimum Gasteiger partial charge on any atom is -0.379 e. The number of thiocarbonyl (C=S) groups is 1. The van der Waals surface area contributed by atoms with Crippen LogP contribution in [-0.4, -0.2) is 42.9 Å². The molecule has 2 aromatic carbocycles. The lowest BCUT2D eigenvalue weighted by molar-refractivity contribution is 0.0344. The van der Waals surface area contributed by atoms with Crippen molar-refractivity contribution in [3.63, 3.8) is 0 Å². The van der Waals surface area contributed by atoms with Crippen molar-refractivity contribution in [3.05, 3.63) is 65.5 Å². The molecule has 1 fully saturated rings. The summed E-state index contributed by atoms with van der Waals surface area (Å²) in [7, 11) is 0. The average Bonchev–Trinajstić information content (AvgIpc) is 2.65. The molecule has 138 valence electrons. The van der Waals surface area contributed by atoms with Crippen LogP contribution in [0.2, 0.25) is 0 Å².